The maximum absolute atomic E-state index is 12.2. The van der Waals surface area contributed by atoms with E-state index in [1.807, 2.05) is 33.2 Å². The summed E-state index contributed by atoms with van der Waals surface area (Å²) in [7, 11) is -1.40. The first kappa shape index (κ1) is 13.8. The summed E-state index contributed by atoms with van der Waals surface area (Å²) >= 11 is 0. The standard InChI is InChI=1S/C14H18N2O2S/c1-11-4-5-14(8-12(11)2)19(17,18)7-6-13-9-15-16(3)10-13/h4-5,8-10H,6-7H2,1-3H3. The Hall–Kier alpha value is -1.62. The summed E-state index contributed by atoms with van der Waals surface area (Å²) < 4.78 is 26.2. The van der Waals surface area contributed by atoms with Crippen LogP contribution in [0.15, 0.2) is 35.5 Å². The molecule has 2 rings (SSSR count). The van der Waals surface area contributed by atoms with E-state index < -0.39 is 9.84 Å². The molecule has 0 aliphatic heterocycles. The summed E-state index contributed by atoms with van der Waals surface area (Å²) in [5, 5.41) is 4.04. The van der Waals surface area contributed by atoms with Crippen molar-refractivity contribution in [2.75, 3.05) is 5.75 Å². The molecule has 1 heterocycles. The van der Waals surface area contributed by atoms with Gasteiger partial charge in [0.2, 0.25) is 0 Å². The first-order valence-corrected chi connectivity index (χ1v) is 7.81. The van der Waals surface area contributed by atoms with Crippen molar-refractivity contribution in [2.45, 2.75) is 25.2 Å². The number of nitrogens with zero attached hydrogens (tertiary/aromatic N) is 2. The quantitative estimate of drug-likeness (QED) is 0.860. The van der Waals surface area contributed by atoms with Gasteiger partial charge in [0.1, 0.15) is 0 Å². The Bertz CT molecular complexity index is 687. The molecule has 0 unspecified atom stereocenters. The van der Waals surface area contributed by atoms with E-state index in [1.165, 1.54) is 0 Å². The van der Waals surface area contributed by atoms with Crippen molar-refractivity contribution in [3.8, 4) is 0 Å². The van der Waals surface area contributed by atoms with Gasteiger partial charge in [-0.05, 0) is 49.1 Å². The predicted octanol–water partition coefficient (Wildman–Crippen LogP) is 2.05. The van der Waals surface area contributed by atoms with Gasteiger partial charge >= 0.3 is 0 Å². The van der Waals surface area contributed by atoms with Gasteiger partial charge in [-0.25, -0.2) is 8.42 Å². The Labute approximate surface area is 114 Å². The van der Waals surface area contributed by atoms with E-state index in [0.717, 1.165) is 16.7 Å². The lowest BCUT2D eigenvalue weighted by molar-refractivity contribution is 0.595. The van der Waals surface area contributed by atoms with Crippen LogP contribution in [0.2, 0.25) is 0 Å². The van der Waals surface area contributed by atoms with Gasteiger partial charge in [-0.1, -0.05) is 6.07 Å². The molecule has 1 aromatic heterocycles. The normalized spacial score (nSPS) is 11.7. The second-order valence-electron chi connectivity index (χ2n) is 4.84. The average molecular weight is 278 g/mol. The van der Waals surface area contributed by atoms with E-state index >= 15 is 0 Å². The monoisotopic (exact) mass is 278 g/mol. The van der Waals surface area contributed by atoms with E-state index in [0.29, 0.717) is 11.3 Å². The Morgan fingerprint density at radius 2 is 1.95 bits per heavy atom. The molecule has 0 N–H and O–H groups in total. The maximum atomic E-state index is 12.2. The highest BCUT2D eigenvalue weighted by Gasteiger charge is 2.15. The molecule has 0 amide bonds. The molecule has 2 aromatic rings. The second kappa shape index (κ2) is 5.17. The molecule has 0 saturated carbocycles. The molecule has 0 fully saturated rings. The summed E-state index contributed by atoms with van der Waals surface area (Å²) in [5.41, 5.74) is 3.04. The van der Waals surface area contributed by atoms with Crippen molar-refractivity contribution in [3.05, 3.63) is 47.3 Å². The zero-order chi connectivity index (χ0) is 14.0. The Morgan fingerprint density at radius 3 is 2.53 bits per heavy atom. The van der Waals surface area contributed by atoms with Gasteiger partial charge in [0, 0.05) is 13.2 Å². The van der Waals surface area contributed by atoms with Crippen molar-refractivity contribution in [1.29, 1.82) is 0 Å². The van der Waals surface area contributed by atoms with Crippen LogP contribution < -0.4 is 0 Å². The van der Waals surface area contributed by atoms with Gasteiger partial charge in [0.15, 0.2) is 9.84 Å². The highest BCUT2D eigenvalue weighted by atomic mass is 32.2. The fourth-order valence-electron chi connectivity index (χ4n) is 1.88. The molecule has 4 nitrogen and oxygen atoms in total. The molecule has 0 spiro atoms. The zero-order valence-electron chi connectivity index (χ0n) is 11.4. The minimum absolute atomic E-state index is 0.112. The number of hydrogen-bond donors (Lipinski definition) is 0. The van der Waals surface area contributed by atoms with Crippen LogP contribution in [0.4, 0.5) is 0 Å². The minimum atomic E-state index is -3.23. The highest BCUT2D eigenvalue weighted by Crippen LogP contribution is 2.17. The summed E-state index contributed by atoms with van der Waals surface area (Å²) in [6.45, 7) is 3.90. The van der Waals surface area contributed by atoms with Crippen LogP contribution in [0.25, 0.3) is 0 Å². The van der Waals surface area contributed by atoms with Gasteiger partial charge in [0.25, 0.3) is 0 Å². The van der Waals surface area contributed by atoms with Gasteiger partial charge in [-0.2, -0.15) is 5.10 Å². The summed E-state index contributed by atoms with van der Waals surface area (Å²) in [4.78, 5) is 0.402. The van der Waals surface area contributed by atoms with Crippen molar-refractivity contribution in [2.24, 2.45) is 7.05 Å². The van der Waals surface area contributed by atoms with Gasteiger partial charge in [0.05, 0.1) is 16.8 Å². The summed E-state index contributed by atoms with van der Waals surface area (Å²) in [5.74, 6) is 0.112. The van der Waals surface area contributed by atoms with E-state index in [9.17, 15) is 8.42 Å². The molecule has 0 atom stereocenters. The Kier molecular flexibility index (Phi) is 3.75. The lowest BCUT2D eigenvalue weighted by Crippen LogP contribution is -2.09. The Balaban J connectivity index is 2.16. The van der Waals surface area contributed by atoms with Gasteiger partial charge in [-0.3, -0.25) is 4.68 Å². The Morgan fingerprint density at radius 1 is 1.21 bits per heavy atom. The molecular weight excluding hydrogens is 260 g/mol. The fourth-order valence-corrected chi connectivity index (χ4v) is 3.25. The van der Waals surface area contributed by atoms with E-state index in [1.54, 1.807) is 23.0 Å². The second-order valence-corrected chi connectivity index (χ2v) is 6.95. The first-order valence-electron chi connectivity index (χ1n) is 6.16. The van der Waals surface area contributed by atoms with Gasteiger partial charge in [-0.15, -0.1) is 0 Å². The predicted molar refractivity (Wildman–Crippen MR) is 74.9 cm³/mol. The molecule has 0 bridgehead atoms. The molecule has 0 aliphatic rings. The molecule has 19 heavy (non-hydrogen) atoms. The van der Waals surface area contributed by atoms with Crippen molar-refractivity contribution < 1.29 is 8.42 Å². The van der Waals surface area contributed by atoms with Crippen molar-refractivity contribution >= 4 is 9.84 Å². The maximum Gasteiger partial charge on any atom is 0.178 e. The lowest BCUT2D eigenvalue weighted by Gasteiger charge is -2.06. The number of aryl methyl sites for hydroxylation is 4. The smallest absolute Gasteiger partial charge is 0.178 e. The van der Waals surface area contributed by atoms with Crippen molar-refractivity contribution in [1.82, 2.24) is 9.78 Å². The fraction of sp³-hybridized carbons (Fsp3) is 0.357. The third-order valence-corrected chi connectivity index (χ3v) is 4.97. The zero-order valence-corrected chi connectivity index (χ0v) is 12.2. The highest BCUT2D eigenvalue weighted by molar-refractivity contribution is 7.91. The number of sulfone groups is 1. The SMILES string of the molecule is Cc1ccc(S(=O)(=O)CCc2cnn(C)c2)cc1C. The topological polar surface area (TPSA) is 52.0 Å². The third kappa shape index (κ3) is 3.23. The van der Waals surface area contributed by atoms with Crippen LogP contribution in [-0.4, -0.2) is 24.0 Å². The third-order valence-electron chi connectivity index (χ3n) is 3.26. The molecule has 0 saturated heterocycles. The van der Waals surface area contributed by atoms with Gasteiger partial charge < -0.3 is 0 Å². The molecule has 0 radical (unpaired) electrons. The van der Waals surface area contributed by atoms with E-state index in [-0.39, 0.29) is 5.75 Å². The molecule has 0 aliphatic carbocycles. The molecular formula is C14H18N2O2S. The minimum Gasteiger partial charge on any atom is -0.276 e. The number of rotatable bonds is 4. The van der Waals surface area contributed by atoms with Crippen LogP contribution in [-0.2, 0) is 23.3 Å². The van der Waals surface area contributed by atoms with Crippen LogP contribution in [0.5, 0.6) is 0 Å². The molecule has 1 aromatic carbocycles. The number of benzene rings is 1. The average Bonchev–Trinajstić information content (AvgIpc) is 2.76. The first-order chi connectivity index (χ1) is 8.88. The number of aromatic nitrogens is 2. The van der Waals surface area contributed by atoms with Crippen LogP contribution >= 0.6 is 0 Å². The van der Waals surface area contributed by atoms with E-state index in [4.69, 9.17) is 0 Å². The largest absolute Gasteiger partial charge is 0.276 e. The van der Waals surface area contributed by atoms with Crippen LogP contribution in [0.3, 0.4) is 0 Å². The lowest BCUT2D eigenvalue weighted by atomic mass is 10.1. The summed E-state index contributed by atoms with van der Waals surface area (Å²) in [6, 6.07) is 5.28. The molecule has 102 valence electrons. The molecule has 5 heteroatoms. The van der Waals surface area contributed by atoms with Crippen molar-refractivity contribution in [3.63, 3.8) is 0 Å². The van der Waals surface area contributed by atoms with E-state index in [2.05, 4.69) is 5.10 Å². The van der Waals surface area contributed by atoms with Crippen LogP contribution in [0.1, 0.15) is 16.7 Å². The summed E-state index contributed by atoms with van der Waals surface area (Å²) in [6.07, 6.45) is 4.04. The number of hydrogen-bond acceptors (Lipinski definition) is 3. The van der Waals surface area contributed by atoms with Crippen LogP contribution in [0, 0.1) is 13.8 Å².